The maximum Gasteiger partial charge on any atom is 0.0255 e. The summed E-state index contributed by atoms with van der Waals surface area (Å²) in [7, 11) is 0. The smallest absolute Gasteiger partial charge is 0.0255 e. The van der Waals surface area contributed by atoms with Gasteiger partial charge in [0.25, 0.3) is 0 Å². The molecule has 0 aliphatic carbocycles. The zero-order valence-electron chi connectivity index (χ0n) is 5.39. The van der Waals surface area contributed by atoms with Gasteiger partial charge in [-0.3, -0.25) is 0 Å². The molecule has 0 saturated heterocycles. The molecule has 0 aliphatic heterocycles. The maximum atomic E-state index is 6.53. The fourth-order valence-electron chi connectivity index (χ4n) is 0.625. The summed E-state index contributed by atoms with van der Waals surface area (Å²) in [5.41, 5.74) is 0.919. The zero-order chi connectivity index (χ0) is 7.23. The summed E-state index contributed by atoms with van der Waals surface area (Å²) < 4.78 is 0. The summed E-state index contributed by atoms with van der Waals surface area (Å²) in [6.45, 7) is 0. The minimum absolute atomic E-state index is 0.919. The lowest BCUT2D eigenvalue weighted by Crippen LogP contribution is -1.68. The summed E-state index contributed by atoms with van der Waals surface area (Å²) in [6.07, 6.45) is 6.53. The Kier molecular flexibility index (Phi) is 2.18. The molecule has 0 fully saturated rings. The highest BCUT2D eigenvalue weighted by Gasteiger charge is 1.78. The van der Waals surface area contributed by atoms with E-state index in [0.717, 1.165) is 5.56 Å². The van der Waals surface area contributed by atoms with Crippen LogP contribution in [0.25, 0.3) is 0 Å². The Bertz CT molecular complexity index is 290. The van der Waals surface area contributed by atoms with E-state index < -0.39 is 0 Å². The molecule has 0 N–H and O–H groups in total. The minimum atomic E-state index is 0.919. The molecule has 0 spiro atoms. The fourth-order valence-corrected chi connectivity index (χ4v) is 0.625. The Morgan fingerprint density at radius 2 is 1.80 bits per heavy atom. The maximum absolute atomic E-state index is 6.53. The Morgan fingerprint density at radius 3 is 2.40 bits per heavy atom. The molecule has 0 heteroatoms. The van der Waals surface area contributed by atoms with E-state index >= 15 is 0 Å². The van der Waals surface area contributed by atoms with Crippen molar-refractivity contribution in [3.05, 3.63) is 42.3 Å². The van der Waals surface area contributed by atoms with Gasteiger partial charge in [0, 0.05) is 5.56 Å². The van der Waals surface area contributed by atoms with Gasteiger partial charge in [-0.15, -0.1) is 0 Å². The average Bonchev–Trinajstić information content (AvgIpc) is 2.03. The van der Waals surface area contributed by atoms with Crippen LogP contribution in [0.5, 0.6) is 0 Å². The highest BCUT2D eigenvalue weighted by atomic mass is 13.8. The summed E-state index contributed by atoms with van der Waals surface area (Å²) in [5, 5.41) is 0. The third-order valence-electron chi connectivity index (χ3n) is 1.04. The lowest BCUT2D eigenvalue weighted by atomic mass is 10.2. The molecule has 0 bridgehead atoms. The van der Waals surface area contributed by atoms with Gasteiger partial charge in [-0.2, -0.15) is 0 Å². The molecule has 0 amide bonds. The quantitative estimate of drug-likeness (QED) is 0.462. The Morgan fingerprint density at radius 1 is 1.10 bits per heavy atom. The van der Waals surface area contributed by atoms with Gasteiger partial charge in [0.05, 0.1) is 0 Å². The molecule has 1 rings (SSSR count). The van der Waals surface area contributed by atoms with E-state index in [1.807, 2.05) is 36.3 Å². The van der Waals surface area contributed by atoms with Crippen LogP contribution in [-0.4, -0.2) is 0 Å². The summed E-state index contributed by atoms with van der Waals surface area (Å²) in [6, 6.07) is 9.54. The van der Waals surface area contributed by atoms with Gasteiger partial charge >= 0.3 is 0 Å². The van der Waals surface area contributed by atoms with Crippen LogP contribution >= 0.6 is 0 Å². The molecular weight excluding hydrogens is 120 g/mol. The second kappa shape index (κ2) is 3.38. The molecule has 0 aliphatic rings. The van der Waals surface area contributed by atoms with Crippen molar-refractivity contribution in [2.45, 2.75) is 0 Å². The Labute approximate surface area is 60.9 Å². The summed E-state index contributed by atoms with van der Waals surface area (Å²) >= 11 is 0. The van der Waals surface area contributed by atoms with E-state index in [1.54, 1.807) is 0 Å². The third-order valence-corrected chi connectivity index (χ3v) is 1.04. The highest BCUT2D eigenvalue weighted by Crippen LogP contribution is 1.93. The molecular formula is C10H5. The van der Waals surface area contributed by atoms with Gasteiger partial charge in [0.15, 0.2) is 0 Å². The fraction of sp³-hybridized carbons (Fsp3) is 0. The van der Waals surface area contributed by atoms with Crippen molar-refractivity contribution in [2.24, 2.45) is 0 Å². The highest BCUT2D eigenvalue weighted by molar-refractivity contribution is 5.37. The second-order valence-electron chi connectivity index (χ2n) is 1.74. The normalized spacial score (nSPS) is 7.10. The van der Waals surface area contributed by atoms with Crippen LogP contribution in [-0.2, 0) is 0 Å². The van der Waals surface area contributed by atoms with Crippen molar-refractivity contribution < 1.29 is 0 Å². The van der Waals surface area contributed by atoms with Crippen molar-refractivity contribution in [1.29, 1.82) is 0 Å². The monoisotopic (exact) mass is 125 g/mol. The lowest BCUT2D eigenvalue weighted by molar-refractivity contribution is 1.65. The lowest BCUT2D eigenvalue weighted by Gasteiger charge is -1.83. The molecule has 1 radical (unpaired) electrons. The standard InChI is InChI=1S/C10H5/c1-2-3-7-10-8-5-4-6-9-10/h4-6,8-9H. The van der Waals surface area contributed by atoms with Gasteiger partial charge in [-0.05, 0) is 30.4 Å². The molecule has 10 heavy (non-hydrogen) atoms. The van der Waals surface area contributed by atoms with Gasteiger partial charge in [0.2, 0.25) is 0 Å². The van der Waals surface area contributed by atoms with E-state index in [9.17, 15) is 0 Å². The molecule has 1 aromatic carbocycles. The first-order valence-electron chi connectivity index (χ1n) is 2.91. The topological polar surface area (TPSA) is 0 Å². The van der Waals surface area contributed by atoms with Gasteiger partial charge in [-0.25, -0.2) is 0 Å². The largest absolute Gasteiger partial charge is 0.0622 e. The van der Waals surface area contributed by atoms with Crippen LogP contribution in [0.3, 0.4) is 0 Å². The van der Waals surface area contributed by atoms with E-state index in [2.05, 4.69) is 11.8 Å². The minimum Gasteiger partial charge on any atom is -0.0622 e. The predicted octanol–water partition coefficient (Wildman–Crippen LogP) is 1.63. The van der Waals surface area contributed by atoms with Crippen LogP contribution in [0.2, 0.25) is 0 Å². The molecule has 0 unspecified atom stereocenters. The SMILES string of the molecule is [C]#CC#Cc1ccccc1. The Hall–Kier alpha value is -1.66. The third kappa shape index (κ3) is 1.69. The van der Waals surface area contributed by atoms with Crippen molar-refractivity contribution >= 4 is 0 Å². The van der Waals surface area contributed by atoms with Crippen molar-refractivity contribution in [3.8, 4) is 17.8 Å². The molecule has 0 saturated carbocycles. The molecule has 0 heterocycles. The van der Waals surface area contributed by atoms with Crippen LogP contribution in [0, 0.1) is 24.2 Å². The predicted molar refractivity (Wildman–Crippen MR) is 40.5 cm³/mol. The number of benzene rings is 1. The van der Waals surface area contributed by atoms with Crippen molar-refractivity contribution in [2.75, 3.05) is 0 Å². The number of hydrogen-bond donors (Lipinski definition) is 0. The van der Waals surface area contributed by atoms with Crippen molar-refractivity contribution in [3.63, 3.8) is 0 Å². The molecule has 1 aromatic rings. The van der Waals surface area contributed by atoms with E-state index in [0.29, 0.717) is 0 Å². The van der Waals surface area contributed by atoms with Crippen LogP contribution < -0.4 is 0 Å². The van der Waals surface area contributed by atoms with Gasteiger partial charge < -0.3 is 0 Å². The van der Waals surface area contributed by atoms with Gasteiger partial charge in [-0.1, -0.05) is 24.1 Å². The first-order valence-corrected chi connectivity index (χ1v) is 2.91. The van der Waals surface area contributed by atoms with Crippen LogP contribution in [0.15, 0.2) is 30.3 Å². The van der Waals surface area contributed by atoms with E-state index in [4.69, 9.17) is 6.42 Å². The van der Waals surface area contributed by atoms with E-state index in [1.165, 1.54) is 0 Å². The number of rotatable bonds is 0. The number of hydrogen-bond acceptors (Lipinski definition) is 0. The molecule has 0 atom stereocenters. The Balaban J connectivity index is 2.89. The van der Waals surface area contributed by atoms with E-state index in [-0.39, 0.29) is 0 Å². The molecule has 0 aromatic heterocycles. The summed E-state index contributed by atoms with van der Waals surface area (Å²) in [4.78, 5) is 0. The average molecular weight is 125 g/mol. The molecule has 45 valence electrons. The van der Waals surface area contributed by atoms with Crippen molar-refractivity contribution in [1.82, 2.24) is 0 Å². The van der Waals surface area contributed by atoms with Crippen LogP contribution in [0.1, 0.15) is 5.56 Å². The first-order chi connectivity index (χ1) is 4.93. The first kappa shape index (κ1) is 6.46. The van der Waals surface area contributed by atoms with Crippen LogP contribution in [0.4, 0.5) is 0 Å². The van der Waals surface area contributed by atoms with Gasteiger partial charge in [0.1, 0.15) is 0 Å². The molecule has 0 nitrogen and oxygen atoms in total. The summed E-state index contributed by atoms with van der Waals surface area (Å²) in [5.74, 6) is 7.18. The second-order valence-corrected chi connectivity index (χ2v) is 1.74. The zero-order valence-corrected chi connectivity index (χ0v) is 5.39.